The Kier molecular flexibility index (Phi) is 9.30. The fourth-order valence-corrected chi connectivity index (χ4v) is 1.79. The van der Waals surface area contributed by atoms with E-state index in [1.165, 1.54) is 0 Å². The van der Waals surface area contributed by atoms with Crippen molar-refractivity contribution in [1.29, 1.82) is 0 Å². The number of hydrogen-bond acceptors (Lipinski definition) is 2. The first kappa shape index (κ1) is 20.3. The normalized spacial score (nSPS) is 12.9. The van der Waals surface area contributed by atoms with Crippen LogP contribution in [0.5, 0.6) is 0 Å². The van der Waals surface area contributed by atoms with Crippen molar-refractivity contribution < 1.29 is 39.3 Å². The first-order chi connectivity index (χ1) is 7.77. The summed E-state index contributed by atoms with van der Waals surface area (Å²) in [6.45, 7) is 1.98. The van der Waals surface area contributed by atoms with Crippen molar-refractivity contribution in [1.82, 2.24) is 0 Å². The van der Waals surface area contributed by atoms with E-state index in [4.69, 9.17) is 4.55 Å². The number of halogens is 6. The van der Waals surface area contributed by atoms with E-state index in [9.17, 15) is 34.8 Å². The molecule has 0 aromatic carbocycles. The number of unbranched alkanes of at least 4 members (excludes halogenated alkanes) is 2. The molecule has 0 saturated heterocycles. The van der Waals surface area contributed by atoms with Crippen LogP contribution in [0.25, 0.3) is 0 Å². The fraction of sp³-hybridized carbons (Fsp3) is 1.00. The van der Waals surface area contributed by atoms with Gasteiger partial charge >= 0.3 is 51.4 Å². The molecule has 112 valence electrons. The molecule has 18 heavy (non-hydrogen) atoms. The molecule has 0 aliphatic carbocycles. The van der Waals surface area contributed by atoms with E-state index in [2.05, 4.69) is 0 Å². The summed E-state index contributed by atoms with van der Waals surface area (Å²) in [4.78, 5) is 0. The summed E-state index contributed by atoms with van der Waals surface area (Å²) in [6, 6.07) is 0. The van der Waals surface area contributed by atoms with Crippen LogP contribution in [0.3, 0.4) is 0 Å². The molecular weight excluding hydrogens is 357 g/mol. The predicted molar refractivity (Wildman–Crippen MR) is 53.8 cm³/mol. The average Bonchev–Trinajstić information content (AvgIpc) is 1.95. The minimum absolute atomic E-state index is 0.0964. The van der Waals surface area contributed by atoms with Crippen molar-refractivity contribution in [2.45, 2.75) is 36.3 Å². The molecule has 0 fully saturated rings. The maximum absolute atomic E-state index is 10.9. The number of alkyl halides is 6. The standard InChI is InChI=1S/C5H12O3S.C2F6Se/c1-2-3-4-5-9(6,7)8;3-1(4,5)9-2(6,7)8/h2-5H2,1H3,(H,6,7,8);. The molecule has 0 aliphatic heterocycles. The Bertz CT molecular complexity index is 298. The van der Waals surface area contributed by atoms with E-state index in [1.807, 2.05) is 6.92 Å². The maximum atomic E-state index is 10.9. The number of rotatable bonds is 4. The van der Waals surface area contributed by atoms with Crippen molar-refractivity contribution in [3.05, 3.63) is 0 Å². The zero-order valence-corrected chi connectivity index (χ0v) is 11.7. The van der Waals surface area contributed by atoms with E-state index < -0.39 is 35.2 Å². The third-order valence-corrected chi connectivity index (χ3v) is 3.01. The van der Waals surface area contributed by atoms with E-state index in [-0.39, 0.29) is 5.75 Å². The topological polar surface area (TPSA) is 54.4 Å². The second kappa shape index (κ2) is 8.23. The number of hydrogen-bond donors (Lipinski definition) is 1. The van der Waals surface area contributed by atoms with Crippen LogP contribution in [0, 0.1) is 0 Å². The molecule has 1 N–H and O–H groups in total. The van der Waals surface area contributed by atoms with E-state index in [1.54, 1.807) is 0 Å². The summed E-state index contributed by atoms with van der Waals surface area (Å²) in [5, 5.41) is -10.2. The summed E-state index contributed by atoms with van der Waals surface area (Å²) in [7, 11) is -3.70. The fourth-order valence-electron chi connectivity index (χ4n) is 0.666. The second-order valence-electron chi connectivity index (χ2n) is 2.99. The van der Waals surface area contributed by atoms with E-state index in [0.29, 0.717) is 6.42 Å². The molecule has 0 aliphatic rings. The van der Waals surface area contributed by atoms with Crippen molar-refractivity contribution in [2.24, 2.45) is 0 Å². The van der Waals surface area contributed by atoms with Crippen LogP contribution >= 0.6 is 0 Å². The van der Waals surface area contributed by atoms with Crippen LogP contribution in [0.15, 0.2) is 0 Å². The van der Waals surface area contributed by atoms with Crippen molar-refractivity contribution in [3.63, 3.8) is 0 Å². The van der Waals surface area contributed by atoms with Gasteiger partial charge in [-0.25, -0.2) is 0 Å². The molecule has 0 unspecified atom stereocenters. The van der Waals surface area contributed by atoms with Gasteiger partial charge in [0.05, 0.1) is 5.75 Å². The van der Waals surface area contributed by atoms with Crippen LogP contribution in [0.4, 0.5) is 26.3 Å². The first-order valence-corrected chi connectivity index (χ1v) is 7.88. The Morgan fingerprint density at radius 3 is 1.56 bits per heavy atom. The minimum atomic E-state index is -5.08. The van der Waals surface area contributed by atoms with Crippen molar-refractivity contribution in [3.8, 4) is 0 Å². The van der Waals surface area contributed by atoms with Crippen LogP contribution in [0.1, 0.15) is 26.2 Å². The zero-order chi connectivity index (χ0) is 15.0. The van der Waals surface area contributed by atoms with Gasteiger partial charge in [-0.2, -0.15) is 8.42 Å². The monoisotopic (exact) mass is 370 g/mol. The molecule has 0 aromatic heterocycles. The zero-order valence-electron chi connectivity index (χ0n) is 9.18. The van der Waals surface area contributed by atoms with E-state index in [0.717, 1.165) is 12.8 Å². The van der Waals surface area contributed by atoms with Crippen LogP contribution < -0.4 is 0 Å². The molecule has 0 saturated carbocycles. The van der Waals surface area contributed by atoms with Crippen molar-refractivity contribution >= 4 is 25.1 Å². The Hall–Kier alpha value is 0.00948. The SMILES string of the molecule is CCCCCS(=O)(=O)O.FC(F)(F)[Se]C(F)(F)F. The van der Waals surface area contributed by atoms with Gasteiger partial charge in [-0.05, 0) is 6.42 Å². The van der Waals surface area contributed by atoms with Gasteiger partial charge in [-0.3, -0.25) is 4.55 Å². The van der Waals surface area contributed by atoms with Crippen LogP contribution in [-0.4, -0.2) is 43.8 Å². The molecular formula is C7H12F6O3SSe. The molecule has 0 radical (unpaired) electrons. The molecule has 3 nitrogen and oxygen atoms in total. The molecule has 0 bridgehead atoms. The van der Waals surface area contributed by atoms with Gasteiger partial charge in [0.25, 0.3) is 10.1 Å². The second-order valence-corrected chi connectivity index (χ2v) is 6.93. The molecule has 0 atom stereocenters. The summed E-state index contributed by atoms with van der Waals surface area (Å²) >= 11 is -3.25. The average molecular weight is 369 g/mol. The Morgan fingerprint density at radius 2 is 1.39 bits per heavy atom. The Balaban J connectivity index is 0. The summed E-state index contributed by atoms with van der Waals surface area (Å²) < 4.78 is 93.5. The van der Waals surface area contributed by atoms with Gasteiger partial charge in [0.1, 0.15) is 0 Å². The van der Waals surface area contributed by atoms with Crippen molar-refractivity contribution in [2.75, 3.05) is 5.75 Å². The summed E-state index contributed by atoms with van der Waals surface area (Å²) in [5.41, 5.74) is 0. The third kappa shape index (κ3) is 25.0. The van der Waals surface area contributed by atoms with Gasteiger partial charge in [0.15, 0.2) is 0 Å². The predicted octanol–water partition coefficient (Wildman–Crippen LogP) is 2.79. The van der Waals surface area contributed by atoms with Gasteiger partial charge < -0.3 is 0 Å². The summed E-state index contributed by atoms with van der Waals surface area (Å²) in [5.74, 6) is -0.0964. The quantitative estimate of drug-likeness (QED) is 0.359. The van der Waals surface area contributed by atoms with Gasteiger partial charge in [0.2, 0.25) is 0 Å². The molecule has 0 aromatic rings. The van der Waals surface area contributed by atoms with Gasteiger partial charge in [-0.1, -0.05) is 19.8 Å². The van der Waals surface area contributed by atoms with Crippen LogP contribution in [-0.2, 0) is 10.1 Å². The first-order valence-electron chi connectivity index (χ1n) is 4.55. The molecule has 0 rings (SSSR count). The molecule has 0 amide bonds. The Morgan fingerprint density at radius 1 is 1.00 bits per heavy atom. The summed E-state index contributed by atoms with van der Waals surface area (Å²) in [6.07, 6.45) is 2.39. The van der Waals surface area contributed by atoms with E-state index >= 15 is 0 Å². The molecule has 11 heteroatoms. The molecule has 0 heterocycles. The Labute approximate surface area is 107 Å². The van der Waals surface area contributed by atoms with Gasteiger partial charge in [-0.15, -0.1) is 0 Å². The van der Waals surface area contributed by atoms with Gasteiger partial charge in [0, 0.05) is 0 Å². The van der Waals surface area contributed by atoms with Crippen LogP contribution in [0.2, 0.25) is 0 Å². The third-order valence-electron chi connectivity index (χ3n) is 1.24. The molecule has 0 spiro atoms.